The van der Waals surface area contributed by atoms with E-state index in [0.29, 0.717) is 17.5 Å². The molecule has 2 heterocycles. The average molecular weight is 246 g/mol. The minimum absolute atomic E-state index is 0.0997. The highest BCUT2D eigenvalue weighted by Gasteiger charge is 2.43. The molecule has 0 bridgehead atoms. The van der Waals surface area contributed by atoms with E-state index in [0.717, 1.165) is 32.4 Å². The second-order valence-electron chi connectivity index (χ2n) is 5.39. The fourth-order valence-electron chi connectivity index (χ4n) is 2.95. The van der Waals surface area contributed by atoms with Gasteiger partial charge in [-0.15, -0.1) is 0 Å². The monoisotopic (exact) mass is 246 g/mol. The van der Waals surface area contributed by atoms with Crippen molar-refractivity contribution in [1.82, 2.24) is 10.2 Å². The molecule has 1 N–H and O–H groups in total. The Morgan fingerprint density at radius 3 is 2.38 bits per heavy atom. The van der Waals surface area contributed by atoms with Gasteiger partial charge in [0.05, 0.1) is 11.5 Å². The van der Waals surface area contributed by atoms with Gasteiger partial charge in [-0.25, -0.2) is 8.42 Å². The Kier molecular flexibility index (Phi) is 3.29. The Labute approximate surface area is 98.3 Å². The van der Waals surface area contributed by atoms with Gasteiger partial charge in [0.1, 0.15) is 0 Å². The lowest BCUT2D eigenvalue weighted by Crippen LogP contribution is -2.53. The van der Waals surface area contributed by atoms with Gasteiger partial charge in [0.25, 0.3) is 0 Å². The number of likely N-dealkylation sites (tertiary alicyclic amines) is 1. The van der Waals surface area contributed by atoms with Crippen LogP contribution in [0, 0.1) is 0 Å². The molecule has 0 aromatic heterocycles. The van der Waals surface area contributed by atoms with Crippen molar-refractivity contribution >= 4 is 9.84 Å². The van der Waals surface area contributed by atoms with Crippen LogP contribution < -0.4 is 5.32 Å². The SMILES string of the molecule is CNC1CCN(C2(C)CCS(=O)(=O)C2)CC1. The van der Waals surface area contributed by atoms with Crippen LogP contribution in [0.25, 0.3) is 0 Å². The van der Waals surface area contributed by atoms with Crippen LogP contribution in [0.1, 0.15) is 26.2 Å². The van der Waals surface area contributed by atoms with Crippen molar-refractivity contribution < 1.29 is 8.42 Å². The predicted molar refractivity (Wildman–Crippen MR) is 65.3 cm³/mol. The molecule has 0 spiro atoms. The van der Waals surface area contributed by atoms with E-state index in [1.165, 1.54) is 0 Å². The molecule has 2 fully saturated rings. The third-order valence-corrected chi connectivity index (χ3v) is 6.04. The van der Waals surface area contributed by atoms with Gasteiger partial charge in [-0.05, 0) is 33.2 Å². The largest absolute Gasteiger partial charge is 0.317 e. The minimum Gasteiger partial charge on any atom is -0.317 e. The van der Waals surface area contributed by atoms with Gasteiger partial charge in [0.2, 0.25) is 0 Å². The number of hydrogen-bond donors (Lipinski definition) is 1. The highest BCUT2D eigenvalue weighted by atomic mass is 32.2. The summed E-state index contributed by atoms with van der Waals surface area (Å²) in [4.78, 5) is 2.38. The molecule has 2 aliphatic heterocycles. The van der Waals surface area contributed by atoms with Crippen LogP contribution >= 0.6 is 0 Å². The van der Waals surface area contributed by atoms with Gasteiger partial charge < -0.3 is 5.32 Å². The summed E-state index contributed by atoms with van der Waals surface area (Å²) in [5, 5.41) is 3.30. The van der Waals surface area contributed by atoms with E-state index in [1.54, 1.807) is 0 Å². The van der Waals surface area contributed by atoms with Crippen molar-refractivity contribution in [3.63, 3.8) is 0 Å². The molecule has 0 amide bonds. The third kappa shape index (κ3) is 2.41. The number of piperidine rings is 1. The van der Waals surface area contributed by atoms with E-state index < -0.39 is 9.84 Å². The molecule has 0 aromatic rings. The van der Waals surface area contributed by atoms with Gasteiger partial charge in [0, 0.05) is 24.7 Å². The lowest BCUT2D eigenvalue weighted by atomic mass is 9.94. The first-order valence-electron chi connectivity index (χ1n) is 6.08. The maximum atomic E-state index is 11.6. The standard InChI is InChI=1S/C11H22N2O2S/c1-11(5-8-16(14,15)9-11)13-6-3-10(12-2)4-7-13/h10,12H,3-9H2,1-2H3. The Balaban J connectivity index is 1.99. The molecule has 0 aliphatic carbocycles. The van der Waals surface area contributed by atoms with Crippen LogP contribution in [0.15, 0.2) is 0 Å². The molecule has 0 saturated carbocycles. The fraction of sp³-hybridized carbons (Fsp3) is 1.00. The first-order chi connectivity index (χ1) is 7.45. The summed E-state index contributed by atoms with van der Waals surface area (Å²) in [6.07, 6.45) is 3.07. The van der Waals surface area contributed by atoms with Crippen LogP contribution in [0.2, 0.25) is 0 Å². The number of hydrogen-bond acceptors (Lipinski definition) is 4. The highest BCUT2D eigenvalue weighted by Crippen LogP contribution is 2.31. The summed E-state index contributed by atoms with van der Waals surface area (Å²) in [6, 6.07) is 0.609. The highest BCUT2D eigenvalue weighted by molar-refractivity contribution is 7.91. The number of nitrogens with zero attached hydrogens (tertiary/aromatic N) is 1. The zero-order valence-electron chi connectivity index (χ0n) is 10.2. The Morgan fingerprint density at radius 1 is 1.31 bits per heavy atom. The smallest absolute Gasteiger partial charge is 0.152 e. The van der Waals surface area contributed by atoms with Gasteiger partial charge in [-0.2, -0.15) is 0 Å². The van der Waals surface area contributed by atoms with Crippen molar-refractivity contribution in [1.29, 1.82) is 0 Å². The molecular formula is C11H22N2O2S. The first kappa shape index (κ1) is 12.3. The van der Waals surface area contributed by atoms with Crippen molar-refractivity contribution in [3.05, 3.63) is 0 Å². The predicted octanol–water partition coefficient (Wildman–Crippen LogP) is 0.247. The molecule has 2 rings (SSSR count). The number of nitrogens with one attached hydrogen (secondary N) is 1. The summed E-state index contributed by atoms with van der Waals surface area (Å²) >= 11 is 0. The van der Waals surface area contributed by atoms with Crippen molar-refractivity contribution in [2.24, 2.45) is 0 Å². The van der Waals surface area contributed by atoms with E-state index in [2.05, 4.69) is 17.1 Å². The van der Waals surface area contributed by atoms with Gasteiger partial charge in [-0.1, -0.05) is 0 Å². The van der Waals surface area contributed by atoms with Gasteiger partial charge in [0.15, 0.2) is 9.84 Å². The normalized spacial score (nSPS) is 36.6. The molecule has 5 heteroatoms. The lowest BCUT2D eigenvalue weighted by Gasteiger charge is -2.42. The molecule has 16 heavy (non-hydrogen) atoms. The number of sulfone groups is 1. The Hall–Kier alpha value is -0.130. The van der Waals surface area contributed by atoms with E-state index in [-0.39, 0.29) is 5.54 Å². The Morgan fingerprint density at radius 2 is 1.94 bits per heavy atom. The topological polar surface area (TPSA) is 49.4 Å². The molecular weight excluding hydrogens is 224 g/mol. The first-order valence-corrected chi connectivity index (χ1v) is 7.90. The van der Waals surface area contributed by atoms with Gasteiger partial charge in [-0.3, -0.25) is 4.90 Å². The Bertz CT molecular complexity index is 347. The summed E-state index contributed by atoms with van der Waals surface area (Å²) in [5.41, 5.74) is -0.0997. The van der Waals surface area contributed by atoms with E-state index in [1.807, 2.05) is 7.05 Å². The molecule has 0 aromatic carbocycles. The van der Waals surface area contributed by atoms with Crippen LogP contribution in [0.4, 0.5) is 0 Å². The maximum Gasteiger partial charge on any atom is 0.152 e. The molecule has 94 valence electrons. The van der Waals surface area contributed by atoms with Crippen LogP contribution in [-0.4, -0.2) is 56.5 Å². The van der Waals surface area contributed by atoms with Gasteiger partial charge >= 0.3 is 0 Å². The molecule has 0 radical (unpaired) electrons. The summed E-state index contributed by atoms with van der Waals surface area (Å²) in [6.45, 7) is 4.16. The molecule has 2 saturated heterocycles. The fourth-order valence-corrected chi connectivity index (χ4v) is 5.12. The summed E-state index contributed by atoms with van der Waals surface area (Å²) in [7, 11) is -0.778. The van der Waals surface area contributed by atoms with E-state index >= 15 is 0 Å². The van der Waals surface area contributed by atoms with E-state index in [4.69, 9.17) is 0 Å². The van der Waals surface area contributed by atoms with Crippen LogP contribution in [0.3, 0.4) is 0 Å². The zero-order chi connectivity index (χ0) is 11.8. The second-order valence-corrected chi connectivity index (χ2v) is 7.57. The van der Waals surface area contributed by atoms with Crippen LogP contribution in [-0.2, 0) is 9.84 Å². The van der Waals surface area contributed by atoms with Crippen molar-refractivity contribution in [2.75, 3.05) is 31.6 Å². The molecule has 1 atom stereocenters. The molecule has 2 aliphatic rings. The molecule has 4 nitrogen and oxygen atoms in total. The second kappa shape index (κ2) is 4.27. The van der Waals surface area contributed by atoms with Crippen LogP contribution in [0.5, 0.6) is 0 Å². The summed E-state index contributed by atoms with van der Waals surface area (Å²) < 4.78 is 23.1. The third-order valence-electron chi connectivity index (χ3n) is 4.15. The minimum atomic E-state index is -2.78. The average Bonchev–Trinajstić information content (AvgIpc) is 2.54. The molecule has 1 unspecified atom stereocenters. The summed E-state index contributed by atoms with van der Waals surface area (Å²) in [5.74, 6) is 0.722. The van der Waals surface area contributed by atoms with Crippen molar-refractivity contribution in [3.8, 4) is 0 Å². The maximum absolute atomic E-state index is 11.6. The van der Waals surface area contributed by atoms with E-state index in [9.17, 15) is 8.42 Å². The zero-order valence-corrected chi connectivity index (χ0v) is 11.0. The quantitative estimate of drug-likeness (QED) is 0.759. The lowest BCUT2D eigenvalue weighted by molar-refractivity contribution is 0.0892. The number of rotatable bonds is 2. The van der Waals surface area contributed by atoms with Crippen molar-refractivity contribution in [2.45, 2.75) is 37.8 Å².